The maximum atomic E-state index is 13.5. The minimum Gasteiger partial charge on any atom is -0.497 e. The van der Waals surface area contributed by atoms with Crippen molar-refractivity contribution in [3.63, 3.8) is 0 Å². The van der Waals surface area contributed by atoms with Gasteiger partial charge in [0.05, 0.1) is 24.3 Å². The van der Waals surface area contributed by atoms with Gasteiger partial charge in [-0.25, -0.2) is 4.79 Å². The van der Waals surface area contributed by atoms with Gasteiger partial charge in [0.1, 0.15) is 23.7 Å². The Morgan fingerprint density at radius 1 is 1.07 bits per heavy atom. The third-order valence-corrected chi connectivity index (χ3v) is 6.56. The van der Waals surface area contributed by atoms with Crippen LogP contribution in [0.25, 0.3) is 6.08 Å². The van der Waals surface area contributed by atoms with E-state index < -0.39 is 30.1 Å². The number of esters is 1. The number of ether oxygens (including phenoxy) is 6. The normalized spacial score (nSPS) is 25.9. The van der Waals surface area contributed by atoms with Gasteiger partial charge in [-0.1, -0.05) is 36.4 Å². The number of methoxy groups -OCH3 is 2. The Labute approximate surface area is 235 Å². The molecule has 4 atom stereocenters. The van der Waals surface area contributed by atoms with Crippen molar-refractivity contribution in [2.45, 2.75) is 63.8 Å². The Morgan fingerprint density at radius 2 is 1.85 bits per heavy atom. The van der Waals surface area contributed by atoms with Crippen LogP contribution in [0, 0.1) is 0 Å². The first-order valence-corrected chi connectivity index (χ1v) is 13.3. The van der Waals surface area contributed by atoms with Crippen molar-refractivity contribution in [1.29, 1.82) is 0 Å². The van der Waals surface area contributed by atoms with Gasteiger partial charge in [-0.2, -0.15) is 0 Å². The molecular weight excluding hydrogens is 514 g/mol. The number of rotatable bonds is 6. The lowest BCUT2D eigenvalue weighted by Crippen LogP contribution is -2.38. The minimum atomic E-state index is -0.879. The van der Waals surface area contributed by atoms with Crippen molar-refractivity contribution in [1.82, 2.24) is 5.32 Å². The third-order valence-electron chi connectivity index (χ3n) is 6.56. The summed E-state index contributed by atoms with van der Waals surface area (Å²) in [6.45, 7) is 5.54. The molecule has 1 amide bonds. The van der Waals surface area contributed by atoms with Crippen LogP contribution in [0.2, 0.25) is 0 Å². The molecule has 9 nitrogen and oxygen atoms in total. The maximum absolute atomic E-state index is 13.5. The smallest absolute Gasteiger partial charge is 0.338 e. The van der Waals surface area contributed by atoms with Gasteiger partial charge in [0, 0.05) is 19.2 Å². The summed E-state index contributed by atoms with van der Waals surface area (Å²) in [4.78, 5) is 26.5. The molecule has 0 spiro atoms. The fourth-order valence-corrected chi connectivity index (χ4v) is 4.75. The van der Waals surface area contributed by atoms with E-state index in [-0.39, 0.29) is 18.7 Å². The number of carbonyl (C=O) groups is 2. The van der Waals surface area contributed by atoms with Gasteiger partial charge in [-0.15, -0.1) is 0 Å². The monoisotopic (exact) mass is 551 g/mol. The number of amides is 1. The number of benzene rings is 2. The molecule has 0 aromatic heterocycles. The molecule has 2 aliphatic rings. The lowest BCUT2D eigenvalue weighted by Gasteiger charge is -2.25. The minimum absolute atomic E-state index is 0.0258. The molecule has 0 bridgehead atoms. The predicted molar refractivity (Wildman–Crippen MR) is 149 cm³/mol. The summed E-state index contributed by atoms with van der Waals surface area (Å²) in [6, 6.07) is 12.0. The summed E-state index contributed by atoms with van der Waals surface area (Å²) in [7, 11) is 3.07. The average molecular weight is 552 g/mol. The van der Waals surface area contributed by atoms with Crippen molar-refractivity contribution >= 4 is 18.0 Å². The number of carbonyl (C=O) groups excluding carboxylic acids is 2. The van der Waals surface area contributed by atoms with E-state index in [9.17, 15) is 9.59 Å². The summed E-state index contributed by atoms with van der Waals surface area (Å²) in [5.74, 6) is -0.745. The Balaban J connectivity index is 1.70. The molecule has 1 saturated heterocycles. The lowest BCUT2D eigenvalue weighted by molar-refractivity contribution is -0.152. The zero-order valence-electron chi connectivity index (χ0n) is 23.5. The highest BCUT2D eigenvalue weighted by molar-refractivity contribution is 6.01. The van der Waals surface area contributed by atoms with Crippen molar-refractivity contribution in [3.05, 3.63) is 77.4 Å². The first kappa shape index (κ1) is 29.3. The molecule has 0 saturated carbocycles. The number of fused-ring (bicyclic) bond motifs is 2. The second kappa shape index (κ2) is 13.1. The Morgan fingerprint density at radius 3 is 2.58 bits per heavy atom. The van der Waals surface area contributed by atoms with Crippen LogP contribution in [0.1, 0.15) is 59.9 Å². The Kier molecular flexibility index (Phi) is 9.63. The summed E-state index contributed by atoms with van der Waals surface area (Å²) in [5.41, 5.74) is 1.43. The molecule has 214 valence electrons. The van der Waals surface area contributed by atoms with Crippen LogP contribution < -0.4 is 14.8 Å². The molecule has 2 aromatic carbocycles. The van der Waals surface area contributed by atoms with Gasteiger partial charge in [0.25, 0.3) is 5.91 Å². The quantitative estimate of drug-likeness (QED) is 0.307. The van der Waals surface area contributed by atoms with Crippen LogP contribution in [-0.2, 0) is 18.9 Å². The molecule has 4 rings (SSSR count). The second-order valence-electron chi connectivity index (χ2n) is 10.2. The zero-order valence-corrected chi connectivity index (χ0v) is 23.5. The molecule has 40 heavy (non-hydrogen) atoms. The second-order valence-corrected chi connectivity index (χ2v) is 10.2. The van der Waals surface area contributed by atoms with E-state index in [1.54, 1.807) is 43.5 Å². The molecule has 9 heteroatoms. The van der Waals surface area contributed by atoms with Crippen molar-refractivity contribution < 1.29 is 38.0 Å². The highest BCUT2D eigenvalue weighted by Crippen LogP contribution is 2.35. The van der Waals surface area contributed by atoms with Crippen LogP contribution in [0.3, 0.4) is 0 Å². The van der Waals surface area contributed by atoms with Gasteiger partial charge in [-0.3, -0.25) is 4.79 Å². The van der Waals surface area contributed by atoms with E-state index in [1.807, 2.05) is 51.1 Å². The molecular formula is C31H37NO8. The fraction of sp³-hybridized carbons (Fsp3) is 0.419. The van der Waals surface area contributed by atoms with Gasteiger partial charge >= 0.3 is 5.97 Å². The van der Waals surface area contributed by atoms with E-state index in [1.165, 1.54) is 7.11 Å². The van der Waals surface area contributed by atoms with Crippen LogP contribution in [-0.4, -0.2) is 63.0 Å². The zero-order chi connectivity index (χ0) is 28.7. The predicted octanol–water partition coefficient (Wildman–Crippen LogP) is 4.91. The van der Waals surface area contributed by atoms with E-state index in [2.05, 4.69) is 5.32 Å². The number of nitrogens with one attached hydrogen (secondary N) is 1. The molecule has 0 aliphatic carbocycles. The molecule has 2 aromatic rings. The highest BCUT2D eigenvalue weighted by Gasteiger charge is 2.45. The van der Waals surface area contributed by atoms with Crippen LogP contribution in [0.5, 0.6) is 11.5 Å². The Bertz CT molecular complexity index is 1240. The van der Waals surface area contributed by atoms with Gasteiger partial charge < -0.3 is 33.7 Å². The first-order valence-electron chi connectivity index (χ1n) is 13.3. The van der Waals surface area contributed by atoms with Crippen molar-refractivity contribution in [2.24, 2.45) is 0 Å². The van der Waals surface area contributed by atoms with Gasteiger partial charge in [0.2, 0.25) is 0 Å². The summed E-state index contributed by atoms with van der Waals surface area (Å²) >= 11 is 0. The van der Waals surface area contributed by atoms with Crippen molar-refractivity contribution in [3.8, 4) is 11.5 Å². The highest BCUT2D eigenvalue weighted by atomic mass is 16.8. The fourth-order valence-electron chi connectivity index (χ4n) is 4.75. The maximum Gasteiger partial charge on any atom is 0.338 e. The van der Waals surface area contributed by atoms with E-state index >= 15 is 0 Å². The van der Waals surface area contributed by atoms with Crippen LogP contribution in [0.4, 0.5) is 0 Å². The SMILES string of the molecule is COCOc1cc(OC)cc2c1C(=O)NC(C)C/C=C\C(OC(=O)c1ccccc1)C1OC(C)(C)O[C@@H]1C/C=C/2. The van der Waals surface area contributed by atoms with E-state index in [0.29, 0.717) is 41.0 Å². The summed E-state index contributed by atoms with van der Waals surface area (Å²) in [6.07, 6.45) is 6.68. The topological polar surface area (TPSA) is 102 Å². The standard InChI is InChI=1S/C31H37NO8/c1-20-11-9-15-24(38-30(34)21-12-7-6-8-13-21)28-25(39-31(2,3)40-28)16-10-14-22-17-23(36-5)18-26(37-19-35-4)27(22)29(33)32-20/h6-10,12-15,17-18,20,24-25,28H,11,16,19H2,1-5H3,(H,32,33)/b14-10+,15-9-/t20?,24?,25-,28?/m1/s1. The Hall–Kier alpha value is -3.66. The largest absolute Gasteiger partial charge is 0.497 e. The average Bonchev–Trinajstić information content (AvgIpc) is 3.24. The van der Waals surface area contributed by atoms with E-state index in [0.717, 1.165) is 0 Å². The molecule has 1 N–H and O–H groups in total. The van der Waals surface area contributed by atoms with Gasteiger partial charge in [0.15, 0.2) is 12.6 Å². The van der Waals surface area contributed by atoms with E-state index in [4.69, 9.17) is 28.4 Å². The molecule has 0 radical (unpaired) electrons. The molecule has 1 fully saturated rings. The lowest BCUT2D eigenvalue weighted by atomic mass is 10.00. The molecule has 2 aliphatic heterocycles. The van der Waals surface area contributed by atoms with Crippen LogP contribution >= 0.6 is 0 Å². The third kappa shape index (κ3) is 7.29. The number of hydrogen-bond donors (Lipinski definition) is 1. The first-order chi connectivity index (χ1) is 19.2. The summed E-state index contributed by atoms with van der Waals surface area (Å²) < 4.78 is 34.8. The molecule has 3 unspecified atom stereocenters. The van der Waals surface area contributed by atoms with Gasteiger partial charge in [-0.05, 0) is 63.5 Å². The summed E-state index contributed by atoms with van der Waals surface area (Å²) in [5, 5.41) is 3.04. The van der Waals surface area contributed by atoms with Crippen molar-refractivity contribution in [2.75, 3.05) is 21.0 Å². The number of hydrogen-bond acceptors (Lipinski definition) is 8. The van der Waals surface area contributed by atoms with Crippen LogP contribution in [0.15, 0.2) is 60.7 Å². The molecule has 2 heterocycles.